The minimum Gasteiger partial charge on any atom is -0.353 e. The minimum absolute atomic E-state index is 0.0260. The van der Waals surface area contributed by atoms with Crippen LogP contribution >= 0.6 is 0 Å². The molecule has 0 spiro atoms. The first-order valence-electron chi connectivity index (χ1n) is 6.69. The zero-order valence-corrected chi connectivity index (χ0v) is 10.8. The van der Waals surface area contributed by atoms with E-state index < -0.39 is 0 Å². The number of carbonyl (C=O) groups is 1. The third-order valence-electron chi connectivity index (χ3n) is 2.87. The van der Waals surface area contributed by atoms with Crippen LogP contribution in [-0.2, 0) is 14.3 Å². The van der Waals surface area contributed by atoms with E-state index in [4.69, 9.17) is 9.47 Å². The topological polar surface area (TPSA) is 35.5 Å². The van der Waals surface area contributed by atoms with Gasteiger partial charge in [-0.25, -0.2) is 0 Å². The molecule has 0 aromatic rings. The number of rotatable bonds is 8. The van der Waals surface area contributed by atoms with Crippen LogP contribution in [0.3, 0.4) is 0 Å². The second-order valence-electron chi connectivity index (χ2n) is 4.42. The van der Waals surface area contributed by atoms with Gasteiger partial charge in [0.25, 0.3) is 0 Å². The molecule has 3 nitrogen and oxygen atoms in total. The zero-order valence-electron chi connectivity index (χ0n) is 10.8. The molecule has 1 saturated heterocycles. The number of carbonyl (C=O) groups excluding carboxylic acids is 1. The fourth-order valence-electron chi connectivity index (χ4n) is 1.86. The van der Waals surface area contributed by atoms with Crippen molar-refractivity contribution < 1.29 is 14.3 Å². The fourth-order valence-corrected chi connectivity index (χ4v) is 1.86. The van der Waals surface area contributed by atoms with E-state index in [1.807, 2.05) is 19.1 Å². The molecule has 0 aromatic carbocycles. The molecule has 0 amide bonds. The van der Waals surface area contributed by atoms with Gasteiger partial charge in [-0.2, -0.15) is 0 Å². The van der Waals surface area contributed by atoms with Crippen molar-refractivity contribution in [1.29, 1.82) is 0 Å². The van der Waals surface area contributed by atoms with Gasteiger partial charge in [-0.15, -0.1) is 0 Å². The Kier molecular flexibility index (Phi) is 7.93. The highest BCUT2D eigenvalue weighted by atomic mass is 16.7. The maximum atomic E-state index is 11.4. The van der Waals surface area contributed by atoms with Gasteiger partial charge < -0.3 is 9.47 Å². The molecule has 0 aromatic heterocycles. The molecule has 0 bridgehead atoms. The number of allylic oxidation sites excluding steroid dienone is 2. The van der Waals surface area contributed by atoms with E-state index in [0.717, 1.165) is 32.3 Å². The van der Waals surface area contributed by atoms with Gasteiger partial charge in [0.1, 0.15) is 5.78 Å². The average Bonchev–Trinajstić information content (AvgIpc) is 2.36. The number of hydrogen-bond donors (Lipinski definition) is 0. The largest absolute Gasteiger partial charge is 0.353 e. The second-order valence-corrected chi connectivity index (χ2v) is 4.42. The van der Waals surface area contributed by atoms with Crippen molar-refractivity contribution >= 4 is 5.78 Å². The molecule has 0 N–H and O–H groups in total. The fraction of sp³-hybridized carbons (Fsp3) is 0.786. The normalized spacial score (nSPS) is 20.9. The molecule has 3 heteroatoms. The maximum Gasteiger partial charge on any atom is 0.157 e. The van der Waals surface area contributed by atoms with Crippen LogP contribution in [0.5, 0.6) is 0 Å². The van der Waals surface area contributed by atoms with Crippen molar-refractivity contribution in [2.45, 2.75) is 58.2 Å². The summed E-state index contributed by atoms with van der Waals surface area (Å²) >= 11 is 0. The molecule has 0 aliphatic carbocycles. The van der Waals surface area contributed by atoms with Gasteiger partial charge in [0.2, 0.25) is 0 Å². The number of ether oxygens (including phenoxy) is 2. The molecule has 1 unspecified atom stereocenters. The van der Waals surface area contributed by atoms with Crippen LogP contribution in [0.25, 0.3) is 0 Å². The van der Waals surface area contributed by atoms with Crippen LogP contribution in [0.15, 0.2) is 12.2 Å². The van der Waals surface area contributed by atoms with Crippen molar-refractivity contribution in [2.24, 2.45) is 0 Å². The number of Topliss-reactive ketones (excluding diaryl/α,β-unsaturated/α-hetero) is 1. The zero-order chi connectivity index (χ0) is 12.3. The Bertz CT molecular complexity index is 230. The van der Waals surface area contributed by atoms with E-state index in [1.165, 1.54) is 6.42 Å². The molecule has 1 fully saturated rings. The highest BCUT2D eigenvalue weighted by Gasteiger charge is 2.13. The lowest BCUT2D eigenvalue weighted by Gasteiger charge is -2.22. The van der Waals surface area contributed by atoms with Crippen molar-refractivity contribution in [2.75, 3.05) is 13.2 Å². The molecular formula is C14H24O3. The standard InChI is InChI=1S/C14H24O3/c1-2-3-4-8-13(15)9-7-12-17-14-10-5-6-11-16-14/h2-3,14H,4-12H2,1H3. The third kappa shape index (κ3) is 7.29. The molecule has 98 valence electrons. The van der Waals surface area contributed by atoms with Crippen molar-refractivity contribution in [1.82, 2.24) is 0 Å². The molecule has 0 radical (unpaired) electrons. The molecular weight excluding hydrogens is 216 g/mol. The van der Waals surface area contributed by atoms with Crippen molar-refractivity contribution in [3.05, 3.63) is 12.2 Å². The summed E-state index contributed by atoms with van der Waals surface area (Å²) in [7, 11) is 0. The van der Waals surface area contributed by atoms with Gasteiger partial charge in [-0.1, -0.05) is 12.2 Å². The second kappa shape index (κ2) is 9.37. The summed E-state index contributed by atoms with van der Waals surface area (Å²) in [5.74, 6) is 0.330. The Labute approximate surface area is 104 Å². The Balaban J connectivity index is 1.93. The Morgan fingerprint density at radius 2 is 2.29 bits per heavy atom. The van der Waals surface area contributed by atoms with Crippen LogP contribution < -0.4 is 0 Å². The van der Waals surface area contributed by atoms with Gasteiger partial charge in [0.15, 0.2) is 6.29 Å². The highest BCUT2D eigenvalue weighted by molar-refractivity contribution is 5.78. The van der Waals surface area contributed by atoms with E-state index in [9.17, 15) is 4.79 Å². The van der Waals surface area contributed by atoms with Crippen molar-refractivity contribution in [3.63, 3.8) is 0 Å². The van der Waals surface area contributed by atoms with Crippen molar-refractivity contribution in [3.8, 4) is 0 Å². The minimum atomic E-state index is -0.0260. The average molecular weight is 240 g/mol. The van der Waals surface area contributed by atoms with E-state index in [2.05, 4.69) is 0 Å². The molecule has 1 aliphatic heterocycles. The van der Waals surface area contributed by atoms with E-state index in [-0.39, 0.29) is 6.29 Å². The van der Waals surface area contributed by atoms with Gasteiger partial charge in [0, 0.05) is 19.4 Å². The summed E-state index contributed by atoms with van der Waals surface area (Å²) in [6, 6.07) is 0. The van der Waals surface area contributed by atoms with Crippen LogP contribution in [0.4, 0.5) is 0 Å². The summed E-state index contributed by atoms with van der Waals surface area (Å²) in [6.45, 7) is 3.43. The number of hydrogen-bond acceptors (Lipinski definition) is 3. The Hall–Kier alpha value is -0.670. The van der Waals surface area contributed by atoms with Gasteiger partial charge >= 0.3 is 0 Å². The molecule has 1 aliphatic rings. The van der Waals surface area contributed by atoms with Crippen LogP contribution in [0, 0.1) is 0 Å². The Morgan fingerprint density at radius 3 is 3.00 bits per heavy atom. The predicted octanol–water partition coefficient (Wildman–Crippen LogP) is 3.24. The van der Waals surface area contributed by atoms with Crippen LogP contribution in [-0.4, -0.2) is 25.3 Å². The van der Waals surface area contributed by atoms with E-state index in [1.54, 1.807) is 0 Å². The molecule has 1 atom stereocenters. The lowest BCUT2D eigenvalue weighted by molar-refractivity contribution is -0.163. The number of ketones is 1. The monoisotopic (exact) mass is 240 g/mol. The van der Waals surface area contributed by atoms with Gasteiger partial charge in [-0.3, -0.25) is 4.79 Å². The van der Waals surface area contributed by atoms with Crippen LogP contribution in [0.1, 0.15) is 51.9 Å². The quantitative estimate of drug-likeness (QED) is 0.482. The van der Waals surface area contributed by atoms with Crippen LogP contribution in [0.2, 0.25) is 0 Å². The summed E-state index contributed by atoms with van der Waals surface area (Å²) in [4.78, 5) is 11.4. The smallest absolute Gasteiger partial charge is 0.157 e. The SMILES string of the molecule is CC=CCCC(=O)CCCOC1CCCCO1. The van der Waals surface area contributed by atoms with E-state index in [0.29, 0.717) is 25.2 Å². The first-order chi connectivity index (χ1) is 8.33. The maximum absolute atomic E-state index is 11.4. The Morgan fingerprint density at radius 1 is 1.41 bits per heavy atom. The van der Waals surface area contributed by atoms with Gasteiger partial charge in [0.05, 0.1) is 6.61 Å². The predicted molar refractivity (Wildman–Crippen MR) is 67.8 cm³/mol. The first kappa shape index (κ1) is 14.4. The van der Waals surface area contributed by atoms with Gasteiger partial charge in [-0.05, 0) is 39.0 Å². The summed E-state index contributed by atoms with van der Waals surface area (Å²) in [5, 5.41) is 0. The lowest BCUT2D eigenvalue weighted by Crippen LogP contribution is -2.22. The summed E-state index contributed by atoms with van der Waals surface area (Å²) in [6.07, 6.45) is 10.3. The molecule has 1 heterocycles. The lowest BCUT2D eigenvalue weighted by atomic mass is 10.1. The first-order valence-corrected chi connectivity index (χ1v) is 6.69. The third-order valence-corrected chi connectivity index (χ3v) is 2.87. The highest BCUT2D eigenvalue weighted by Crippen LogP contribution is 2.14. The summed E-state index contributed by atoms with van der Waals surface area (Å²) in [5.41, 5.74) is 0. The molecule has 17 heavy (non-hydrogen) atoms. The summed E-state index contributed by atoms with van der Waals surface area (Å²) < 4.78 is 11.0. The molecule has 1 rings (SSSR count). The molecule has 0 saturated carbocycles. The van der Waals surface area contributed by atoms with E-state index >= 15 is 0 Å².